The Labute approximate surface area is 60.3 Å². The minimum atomic E-state index is -3.85. The maximum absolute atomic E-state index is 12.4. The van der Waals surface area contributed by atoms with Gasteiger partial charge in [0.2, 0.25) is 0 Å². The Morgan fingerprint density at radius 1 is 1.00 bits per heavy atom. The SMILES string of the molecule is CC1(O)C(F)(F)C=CC1(F)F. The molecular formula is C6H6F4O. The van der Waals surface area contributed by atoms with Crippen LogP contribution in [0.5, 0.6) is 0 Å². The molecule has 1 aliphatic rings. The molecule has 0 aromatic rings. The second kappa shape index (κ2) is 1.77. The molecule has 0 bridgehead atoms. The van der Waals surface area contributed by atoms with Crippen LogP contribution in [0.25, 0.3) is 0 Å². The highest BCUT2D eigenvalue weighted by Crippen LogP contribution is 2.47. The molecule has 0 unspecified atom stereocenters. The van der Waals surface area contributed by atoms with E-state index >= 15 is 0 Å². The van der Waals surface area contributed by atoms with E-state index < -0.39 is 17.4 Å². The molecule has 0 spiro atoms. The summed E-state index contributed by atoms with van der Waals surface area (Å²) in [7, 11) is 0. The van der Waals surface area contributed by atoms with Gasteiger partial charge in [-0.15, -0.1) is 0 Å². The number of hydrogen-bond acceptors (Lipinski definition) is 1. The summed E-state index contributed by atoms with van der Waals surface area (Å²) in [6.45, 7) is 0.410. The van der Waals surface area contributed by atoms with Crippen molar-refractivity contribution in [2.45, 2.75) is 24.4 Å². The van der Waals surface area contributed by atoms with Gasteiger partial charge in [0.25, 0.3) is 0 Å². The maximum Gasteiger partial charge on any atom is 0.300 e. The van der Waals surface area contributed by atoms with E-state index in [4.69, 9.17) is 5.11 Å². The highest BCUT2D eigenvalue weighted by atomic mass is 19.3. The zero-order valence-corrected chi connectivity index (χ0v) is 5.61. The molecule has 0 aromatic carbocycles. The normalized spacial score (nSPS) is 30.7. The molecule has 1 aliphatic carbocycles. The van der Waals surface area contributed by atoms with E-state index in [1.54, 1.807) is 0 Å². The summed E-state index contributed by atoms with van der Waals surface area (Å²) in [5.41, 5.74) is -3.29. The van der Waals surface area contributed by atoms with Crippen molar-refractivity contribution in [3.63, 3.8) is 0 Å². The van der Waals surface area contributed by atoms with Crippen LogP contribution >= 0.6 is 0 Å². The highest BCUT2D eigenvalue weighted by molar-refractivity contribution is 5.24. The molecule has 64 valence electrons. The molecule has 0 heterocycles. The van der Waals surface area contributed by atoms with E-state index in [-0.39, 0.29) is 12.2 Å². The Morgan fingerprint density at radius 3 is 1.36 bits per heavy atom. The number of alkyl halides is 4. The Bertz CT molecular complexity index is 187. The van der Waals surface area contributed by atoms with Crippen LogP contribution in [0.1, 0.15) is 6.92 Å². The Balaban J connectivity index is 3.09. The summed E-state index contributed by atoms with van der Waals surface area (Å²) in [6, 6.07) is 0. The monoisotopic (exact) mass is 170 g/mol. The number of halogens is 4. The second-order valence-electron chi connectivity index (χ2n) is 2.65. The standard InChI is InChI=1S/C6H6F4O/c1-4(11)5(7,8)2-3-6(4,9)10/h2-3,11H,1H3. The van der Waals surface area contributed by atoms with Crippen molar-refractivity contribution < 1.29 is 22.7 Å². The maximum atomic E-state index is 12.4. The molecule has 0 aliphatic heterocycles. The third-order valence-corrected chi connectivity index (χ3v) is 1.80. The van der Waals surface area contributed by atoms with Gasteiger partial charge in [0.05, 0.1) is 0 Å². The summed E-state index contributed by atoms with van der Waals surface area (Å²) in [6.07, 6.45) is 0.0417. The molecule has 1 N–H and O–H groups in total. The smallest absolute Gasteiger partial charge is 0.300 e. The van der Waals surface area contributed by atoms with Crippen molar-refractivity contribution in [2.24, 2.45) is 0 Å². The van der Waals surface area contributed by atoms with Crippen LogP contribution in [0.2, 0.25) is 0 Å². The molecule has 5 heteroatoms. The van der Waals surface area contributed by atoms with Gasteiger partial charge in [0.15, 0.2) is 5.60 Å². The molecule has 0 amide bonds. The fourth-order valence-corrected chi connectivity index (χ4v) is 0.756. The van der Waals surface area contributed by atoms with Crippen LogP contribution in [0.4, 0.5) is 17.6 Å². The lowest BCUT2D eigenvalue weighted by atomic mass is 9.98. The lowest BCUT2D eigenvalue weighted by Crippen LogP contribution is -2.52. The lowest BCUT2D eigenvalue weighted by molar-refractivity contribution is -0.222. The van der Waals surface area contributed by atoms with Crippen molar-refractivity contribution in [1.82, 2.24) is 0 Å². The first-order chi connectivity index (χ1) is 4.71. The van der Waals surface area contributed by atoms with Gasteiger partial charge in [-0.25, -0.2) is 0 Å². The van der Waals surface area contributed by atoms with Gasteiger partial charge in [-0.3, -0.25) is 0 Å². The predicted octanol–water partition coefficient (Wildman–Crippen LogP) is 1.58. The average Bonchev–Trinajstić information content (AvgIpc) is 1.93. The molecule has 0 radical (unpaired) electrons. The summed E-state index contributed by atoms with van der Waals surface area (Å²) in [5, 5.41) is 8.69. The summed E-state index contributed by atoms with van der Waals surface area (Å²) >= 11 is 0. The van der Waals surface area contributed by atoms with Crippen molar-refractivity contribution in [2.75, 3.05) is 0 Å². The zero-order chi connectivity index (χ0) is 8.91. The molecule has 1 nitrogen and oxygen atoms in total. The Morgan fingerprint density at radius 2 is 1.27 bits per heavy atom. The fourth-order valence-electron chi connectivity index (χ4n) is 0.756. The van der Waals surface area contributed by atoms with E-state index in [2.05, 4.69) is 0 Å². The van der Waals surface area contributed by atoms with E-state index in [0.29, 0.717) is 6.92 Å². The van der Waals surface area contributed by atoms with E-state index in [1.807, 2.05) is 0 Å². The number of rotatable bonds is 0. The third kappa shape index (κ3) is 0.870. The summed E-state index contributed by atoms with van der Waals surface area (Å²) < 4.78 is 49.6. The van der Waals surface area contributed by atoms with Crippen LogP contribution in [-0.4, -0.2) is 22.6 Å². The van der Waals surface area contributed by atoms with Crippen molar-refractivity contribution in [1.29, 1.82) is 0 Å². The zero-order valence-electron chi connectivity index (χ0n) is 5.61. The molecule has 0 saturated heterocycles. The molecule has 1 rings (SSSR count). The highest BCUT2D eigenvalue weighted by Gasteiger charge is 2.66. The molecule has 0 fully saturated rings. The molecule has 0 saturated carbocycles. The molecular weight excluding hydrogens is 164 g/mol. The second-order valence-corrected chi connectivity index (χ2v) is 2.65. The molecule has 0 atom stereocenters. The van der Waals surface area contributed by atoms with Gasteiger partial charge in [-0.2, -0.15) is 17.6 Å². The van der Waals surface area contributed by atoms with Crippen LogP contribution in [0, 0.1) is 0 Å². The fraction of sp³-hybridized carbons (Fsp3) is 0.667. The van der Waals surface area contributed by atoms with Gasteiger partial charge in [0.1, 0.15) is 0 Å². The van der Waals surface area contributed by atoms with Gasteiger partial charge in [-0.05, 0) is 19.1 Å². The van der Waals surface area contributed by atoms with E-state index in [1.165, 1.54) is 0 Å². The van der Waals surface area contributed by atoms with Crippen molar-refractivity contribution >= 4 is 0 Å². The molecule has 0 aromatic heterocycles. The minimum absolute atomic E-state index is 0.0208. The number of aliphatic hydroxyl groups is 1. The van der Waals surface area contributed by atoms with Crippen LogP contribution < -0.4 is 0 Å². The first-order valence-electron chi connectivity index (χ1n) is 2.89. The van der Waals surface area contributed by atoms with Crippen molar-refractivity contribution in [3.05, 3.63) is 12.2 Å². The van der Waals surface area contributed by atoms with E-state index in [9.17, 15) is 17.6 Å². The van der Waals surface area contributed by atoms with Crippen LogP contribution in [-0.2, 0) is 0 Å². The minimum Gasteiger partial charge on any atom is -0.378 e. The average molecular weight is 170 g/mol. The quantitative estimate of drug-likeness (QED) is 0.432. The van der Waals surface area contributed by atoms with Gasteiger partial charge in [0, 0.05) is 0 Å². The Kier molecular flexibility index (Phi) is 1.37. The first-order valence-corrected chi connectivity index (χ1v) is 2.89. The van der Waals surface area contributed by atoms with Crippen LogP contribution in [0.15, 0.2) is 12.2 Å². The van der Waals surface area contributed by atoms with Gasteiger partial charge < -0.3 is 5.11 Å². The van der Waals surface area contributed by atoms with E-state index in [0.717, 1.165) is 0 Å². The molecule has 11 heavy (non-hydrogen) atoms. The topological polar surface area (TPSA) is 20.2 Å². The third-order valence-electron chi connectivity index (χ3n) is 1.80. The predicted molar refractivity (Wildman–Crippen MR) is 29.7 cm³/mol. The lowest BCUT2D eigenvalue weighted by Gasteiger charge is -2.29. The summed E-state index contributed by atoms with van der Waals surface area (Å²) in [5.74, 6) is -7.70. The van der Waals surface area contributed by atoms with Gasteiger partial charge in [-0.1, -0.05) is 0 Å². The largest absolute Gasteiger partial charge is 0.378 e. The number of hydrogen-bond donors (Lipinski definition) is 1. The first kappa shape index (κ1) is 8.52. The van der Waals surface area contributed by atoms with Gasteiger partial charge >= 0.3 is 11.8 Å². The summed E-state index contributed by atoms with van der Waals surface area (Å²) in [4.78, 5) is 0. The van der Waals surface area contributed by atoms with Crippen LogP contribution in [0.3, 0.4) is 0 Å². The Hall–Kier alpha value is -0.580. The van der Waals surface area contributed by atoms with Crippen molar-refractivity contribution in [3.8, 4) is 0 Å².